The van der Waals surface area contributed by atoms with Gasteiger partial charge in [-0.25, -0.2) is 9.59 Å². The Balaban J connectivity index is 2.00. The number of nitrogens with zero attached hydrogens (tertiary/aromatic N) is 1. The van der Waals surface area contributed by atoms with Crippen LogP contribution in [0.5, 0.6) is 0 Å². The lowest BCUT2D eigenvalue weighted by molar-refractivity contribution is -0.00946. The summed E-state index contributed by atoms with van der Waals surface area (Å²) in [6.45, 7) is 1.08. The fourth-order valence-corrected chi connectivity index (χ4v) is 3.56. The molecule has 144 valence electrons. The number of carboxylic acid groups (broad SMARTS) is 1. The molecule has 1 aromatic rings. The minimum Gasteiger partial charge on any atom is -0.465 e. The molecule has 2 unspecified atom stereocenters. The minimum absolute atomic E-state index is 0.251. The fraction of sp³-hybridized carbons (Fsp3) is 0.556. The van der Waals surface area contributed by atoms with Crippen molar-refractivity contribution in [1.29, 1.82) is 0 Å². The molecule has 26 heavy (non-hydrogen) atoms. The van der Waals surface area contributed by atoms with Gasteiger partial charge in [-0.2, -0.15) is 0 Å². The lowest BCUT2D eigenvalue weighted by Crippen LogP contribution is -2.46. The van der Waals surface area contributed by atoms with Crippen molar-refractivity contribution in [3.63, 3.8) is 0 Å². The number of benzene rings is 1. The van der Waals surface area contributed by atoms with E-state index in [0.29, 0.717) is 30.1 Å². The molecule has 8 heteroatoms. The highest BCUT2D eigenvalue weighted by Gasteiger charge is 2.32. The highest BCUT2D eigenvalue weighted by molar-refractivity contribution is 6.30. The third-order valence-corrected chi connectivity index (χ3v) is 4.97. The van der Waals surface area contributed by atoms with Gasteiger partial charge in [0.1, 0.15) is 0 Å². The van der Waals surface area contributed by atoms with Crippen molar-refractivity contribution in [2.24, 2.45) is 5.92 Å². The molecule has 1 aliphatic rings. The zero-order chi connectivity index (χ0) is 19.2. The molecule has 1 aliphatic heterocycles. The van der Waals surface area contributed by atoms with Crippen molar-refractivity contribution < 1.29 is 24.5 Å². The van der Waals surface area contributed by atoms with Crippen LogP contribution in [0.1, 0.15) is 37.7 Å². The number of hydrogen-bond acceptors (Lipinski definition) is 4. The van der Waals surface area contributed by atoms with Crippen LogP contribution in [0.15, 0.2) is 24.3 Å². The number of alkyl carbamates (subject to hydrolysis) is 1. The first-order valence-electron chi connectivity index (χ1n) is 8.66. The fourth-order valence-electron chi connectivity index (χ4n) is 3.37. The van der Waals surface area contributed by atoms with Crippen molar-refractivity contribution >= 4 is 23.8 Å². The van der Waals surface area contributed by atoms with E-state index in [-0.39, 0.29) is 12.3 Å². The van der Waals surface area contributed by atoms with Gasteiger partial charge in [-0.1, -0.05) is 23.7 Å². The summed E-state index contributed by atoms with van der Waals surface area (Å²) in [6, 6.07) is 6.68. The number of methoxy groups -OCH3 is 1. The van der Waals surface area contributed by atoms with E-state index in [4.69, 9.17) is 16.7 Å². The number of rotatable bonds is 6. The molecule has 0 spiro atoms. The molecule has 1 heterocycles. The first-order valence-corrected chi connectivity index (χ1v) is 9.04. The average molecular weight is 385 g/mol. The van der Waals surface area contributed by atoms with Crippen LogP contribution < -0.4 is 5.32 Å². The van der Waals surface area contributed by atoms with Gasteiger partial charge in [0.15, 0.2) is 5.72 Å². The Morgan fingerprint density at radius 3 is 2.88 bits per heavy atom. The van der Waals surface area contributed by atoms with Gasteiger partial charge in [-0.15, -0.1) is 0 Å². The van der Waals surface area contributed by atoms with Gasteiger partial charge in [-0.05, 0) is 50.2 Å². The number of likely N-dealkylation sites (tertiary alicyclic amines) is 1. The number of hydrogen-bond donors (Lipinski definition) is 3. The van der Waals surface area contributed by atoms with Gasteiger partial charge < -0.3 is 19.8 Å². The van der Waals surface area contributed by atoms with Crippen molar-refractivity contribution in [2.45, 2.75) is 37.8 Å². The highest BCUT2D eigenvalue weighted by Crippen LogP contribution is 2.29. The molecule has 0 aliphatic carbocycles. The summed E-state index contributed by atoms with van der Waals surface area (Å²) in [5.74, 6) is 0.251. The topological polar surface area (TPSA) is 99.1 Å². The van der Waals surface area contributed by atoms with E-state index in [1.807, 2.05) is 0 Å². The van der Waals surface area contributed by atoms with Crippen LogP contribution in [0, 0.1) is 5.92 Å². The van der Waals surface area contributed by atoms with Crippen LogP contribution in [-0.4, -0.2) is 47.5 Å². The number of halogens is 1. The number of nitrogens with one attached hydrogen (secondary N) is 1. The maximum Gasteiger partial charge on any atom is 0.409 e. The lowest BCUT2D eigenvalue weighted by Gasteiger charge is -2.32. The van der Waals surface area contributed by atoms with E-state index in [9.17, 15) is 14.7 Å². The molecule has 1 saturated heterocycles. The predicted molar refractivity (Wildman–Crippen MR) is 97.1 cm³/mol. The minimum atomic E-state index is -1.60. The van der Waals surface area contributed by atoms with Gasteiger partial charge in [0.25, 0.3) is 0 Å². The second kappa shape index (κ2) is 9.09. The zero-order valence-electron chi connectivity index (χ0n) is 14.8. The molecule has 2 rings (SSSR count). The van der Waals surface area contributed by atoms with Gasteiger partial charge in [0.05, 0.1) is 7.11 Å². The van der Waals surface area contributed by atoms with Crippen LogP contribution in [0.3, 0.4) is 0 Å². The van der Waals surface area contributed by atoms with E-state index in [0.717, 1.165) is 19.3 Å². The van der Waals surface area contributed by atoms with E-state index < -0.39 is 17.9 Å². The average Bonchev–Trinajstić information content (AvgIpc) is 2.62. The summed E-state index contributed by atoms with van der Waals surface area (Å²) in [5.41, 5.74) is -1.12. The van der Waals surface area contributed by atoms with Gasteiger partial charge >= 0.3 is 12.2 Å². The third kappa shape index (κ3) is 5.51. The maximum atomic E-state index is 11.7. The van der Waals surface area contributed by atoms with Crippen LogP contribution in [0.25, 0.3) is 0 Å². The van der Waals surface area contributed by atoms with Crippen molar-refractivity contribution in [1.82, 2.24) is 10.2 Å². The Bertz CT molecular complexity index is 642. The predicted octanol–water partition coefficient (Wildman–Crippen LogP) is 3.40. The van der Waals surface area contributed by atoms with E-state index in [2.05, 4.69) is 10.1 Å². The second-order valence-corrected chi connectivity index (χ2v) is 7.05. The zero-order valence-corrected chi connectivity index (χ0v) is 15.5. The summed E-state index contributed by atoms with van der Waals surface area (Å²) in [4.78, 5) is 24.2. The molecule has 0 radical (unpaired) electrons. The van der Waals surface area contributed by atoms with Crippen LogP contribution in [0.2, 0.25) is 5.02 Å². The van der Waals surface area contributed by atoms with Gasteiger partial charge in [0, 0.05) is 23.7 Å². The van der Waals surface area contributed by atoms with E-state index >= 15 is 0 Å². The quantitative estimate of drug-likeness (QED) is 0.653. The Hall–Kier alpha value is -1.99. The molecular weight excluding hydrogens is 360 g/mol. The molecule has 1 fully saturated rings. The Morgan fingerprint density at radius 1 is 1.46 bits per heavy atom. The number of aliphatic hydroxyl groups is 1. The van der Waals surface area contributed by atoms with E-state index in [1.54, 1.807) is 24.3 Å². The molecule has 0 bridgehead atoms. The monoisotopic (exact) mass is 384 g/mol. The number of piperidine rings is 1. The maximum absolute atomic E-state index is 11.7. The summed E-state index contributed by atoms with van der Waals surface area (Å²) in [5, 5.41) is 23.1. The van der Waals surface area contributed by atoms with Crippen LogP contribution >= 0.6 is 11.6 Å². The van der Waals surface area contributed by atoms with Crippen molar-refractivity contribution in [3.8, 4) is 0 Å². The second-order valence-electron chi connectivity index (χ2n) is 6.62. The standard InChI is InChI=1S/C18H25ClN2O5/c1-26-16(22)20-18(25,14-7-2-8-15(19)11-14)9-3-5-13-6-4-10-21(12-13)17(23)24/h2,7-8,11,13,25H,3-6,9-10,12H2,1H3,(H,20,22)(H,23,24). The first kappa shape index (κ1) is 20.3. The molecule has 3 N–H and O–H groups in total. The van der Waals surface area contributed by atoms with E-state index in [1.165, 1.54) is 12.0 Å². The number of amides is 2. The first-order chi connectivity index (χ1) is 12.3. The largest absolute Gasteiger partial charge is 0.465 e. The van der Waals surface area contributed by atoms with Crippen LogP contribution in [0.4, 0.5) is 9.59 Å². The highest BCUT2D eigenvalue weighted by atomic mass is 35.5. The third-order valence-electron chi connectivity index (χ3n) is 4.74. The van der Waals surface area contributed by atoms with Crippen molar-refractivity contribution in [2.75, 3.05) is 20.2 Å². The summed E-state index contributed by atoms with van der Waals surface area (Å²) < 4.78 is 4.62. The van der Waals surface area contributed by atoms with Gasteiger partial charge in [-0.3, -0.25) is 5.32 Å². The molecule has 7 nitrogen and oxygen atoms in total. The Morgan fingerprint density at radius 2 is 2.23 bits per heavy atom. The summed E-state index contributed by atoms with van der Waals surface area (Å²) in [6.07, 6.45) is 1.83. The summed E-state index contributed by atoms with van der Waals surface area (Å²) in [7, 11) is 1.23. The lowest BCUT2D eigenvalue weighted by atomic mass is 9.89. The smallest absolute Gasteiger partial charge is 0.409 e. The molecule has 1 aromatic carbocycles. The summed E-state index contributed by atoms with van der Waals surface area (Å²) >= 11 is 6.01. The normalized spacial score (nSPS) is 19.5. The number of carbonyl (C=O) groups is 2. The van der Waals surface area contributed by atoms with Crippen LogP contribution in [-0.2, 0) is 10.5 Å². The number of carbonyl (C=O) groups excluding carboxylic acids is 1. The van der Waals surface area contributed by atoms with Gasteiger partial charge in [0.2, 0.25) is 0 Å². The molecule has 0 aromatic heterocycles. The van der Waals surface area contributed by atoms with Crippen molar-refractivity contribution in [3.05, 3.63) is 34.9 Å². The SMILES string of the molecule is COC(=O)NC(O)(CCCC1CCCN(C(=O)O)C1)c1cccc(Cl)c1. The number of ether oxygens (including phenoxy) is 1. The Labute approximate surface area is 157 Å². The Kier molecular flexibility index (Phi) is 7.11. The molecular formula is C18H25ClN2O5. The molecule has 2 atom stereocenters. The molecule has 2 amide bonds. The molecule has 0 saturated carbocycles.